The van der Waals surface area contributed by atoms with Gasteiger partial charge in [0.15, 0.2) is 0 Å². The smallest absolute Gasteiger partial charge is 0.0411 e. The van der Waals surface area contributed by atoms with Gasteiger partial charge in [-0.1, -0.05) is 25.1 Å². The van der Waals surface area contributed by atoms with Gasteiger partial charge < -0.3 is 10.2 Å². The monoisotopic (exact) mass is 230 g/mol. The van der Waals surface area contributed by atoms with Crippen LogP contribution in [0.25, 0.3) is 0 Å². The van der Waals surface area contributed by atoms with E-state index in [1.54, 1.807) is 0 Å². The zero-order chi connectivity index (χ0) is 11.7. The maximum atomic E-state index is 3.62. The summed E-state index contributed by atoms with van der Waals surface area (Å²) in [7, 11) is 0. The first-order valence-electron chi connectivity index (χ1n) is 6.89. The molecular weight excluding hydrogens is 208 g/mol. The molecule has 1 aromatic carbocycles. The summed E-state index contributed by atoms with van der Waals surface area (Å²) in [6.45, 7) is 5.83. The van der Waals surface area contributed by atoms with Gasteiger partial charge in [-0.3, -0.25) is 0 Å². The van der Waals surface area contributed by atoms with E-state index in [2.05, 4.69) is 41.4 Å². The van der Waals surface area contributed by atoms with Gasteiger partial charge in [0.2, 0.25) is 0 Å². The number of benzene rings is 1. The third kappa shape index (κ3) is 2.63. The minimum absolute atomic E-state index is 0.792. The summed E-state index contributed by atoms with van der Waals surface area (Å²) in [6.07, 6.45) is 4.07. The molecule has 1 unspecified atom stereocenters. The number of para-hydroxylation sites is 1. The van der Waals surface area contributed by atoms with E-state index in [1.807, 2.05) is 0 Å². The van der Waals surface area contributed by atoms with Crippen LogP contribution in [0.4, 0.5) is 5.69 Å². The Bertz CT molecular complexity index is 384. The predicted molar refractivity (Wildman–Crippen MR) is 72.3 cm³/mol. The Morgan fingerprint density at radius 1 is 1.24 bits per heavy atom. The number of rotatable bonds is 4. The lowest BCUT2D eigenvalue weighted by Gasteiger charge is -2.22. The van der Waals surface area contributed by atoms with E-state index in [1.165, 1.54) is 43.6 Å². The summed E-state index contributed by atoms with van der Waals surface area (Å²) in [5, 5.41) is 3.62. The van der Waals surface area contributed by atoms with Crippen molar-refractivity contribution in [2.45, 2.75) is 38.8 Å². The normalized spacial score (nSPS) is 24.3. The van der Waals surface area contributed by atoms with E-state index in [-0.39, 0.29) is 0 Å². The molecule has 1 saturated carbocycles. The van der Waals surface area contributed by atoms with E-state index < -0.39 is 0 Å². The van der Waals surface area contributed by atoms with E-state index in [0.29, 0.717) is 0 Å². The molecule has 3 rings (SSSR count). The van der Waals surface area contributed by atoms with Crippen molar-refractivity contribution in [1.82, 2.24) is 5.32 Å². The quantitative estimate of drug-likeness (QED) is 0.855. The predicted octanol–water partition coefficient (Wildman–Crippen LogP) is 2.78. The lowest BCUT2D eigenvalue weighted by Crippen LogP contribution is -2.23. The van der Waals surface area contributed by atoms with Gasteiger partial charge in [0.25, 0.3) is 0 Å². The van der Waals surface area contributed by atoms with E-state index >= 15 is 0 Å². The Hall–Kier alpha value is -1.02. The second-order valence-corrected chi connectivity index (χ2v) is 5.62. The van der Waals surface area contributed by atoms with E-state index in [4.69, 9.17) is 0 Å². The van der Waals surface area contributed by atoms with Crippen LogP contribution in [-0.2, 0) is 6.54 Å². The van der Waals surface area contributed by atoms with Crippen molar-refractivity contribution in [2.75, 3.05) is 18.0 Å². The maximum Gasteiger partial charge on any atom is 0.0411 e. The molecule has 0 amide bonds. The lowest BCUT2D eigenvalue weighted by molar-refractivity contribution is 0.658. The standard InChI is InChI=1S/C15H22N2/c1-12-8-9-17(11-12)15-5-3-2-4-13(15)10-16-14-6-7-14/h2-5,12,14,16H,6-11H2,1H3. The summed E-state index contributed by atoms with van der Waals surface area (Å²) in [5.74, 6) is 0.847. The second kappa shape index (κ2) is 4.69. The average molecular weight is 230 g/mol. The number of nitrogens with one attached hydrogen (secondary N) is 1. The van der Waals surface area contributed by atoms with Gasteiger partial charge in [0.1, 0.15) is 0 Å². The SMILES string of the molecule is CC1CCN(c2ccccc2CNC2CC2)C1. The first-order chi connectivity index (χ1) is 8.33. The van der Waals surface area contributed by atoms with Crippen LogP contribution >= 0.6 is 0 Å². The molecule has 2 nitrogen and oxygen atoms in total. The summed E-state index contributed by atoms with van der Waals surface area (Å²) in [5.41, 5.74) is 2.92. The highest BCUT2D eigenvalue weighted by Gasteiger charge is 2.23. The van der Waals surface area contributed by atoms with Crippen LogP contribution < -0.4 is 10.2 Å². The molecule has 1 heterocycles. The maximum absolute atomic E-state index is 3.62. The minimum atomic E-state index is 0.792. The Morgan fingerprint density at radius 3 is 2.76 bits per heavy atom. The topological polar surface area (TPSA) is 15.3 Å². The number of hydrogen-bond acceptors (Lipinski definition) is 2. The second-order valence-electron chi connectivity index (χ2n) is 5.62. The van der Waals surface area contributed by atoms with Crippen molar-refractivity contribution in [2.24, 2.45) is 5.92 Å². The molecule has 17 heavy (non-hydrogen) atoms. The van der Waals surface area contributed by atoms with Crippen LogP contribution in [0, 0.1) is 5.92 Å². The van der Waals surface area contributed by atoms with Crippen molar-refractivity contribution in [3.63, 3.8) is 0 Å². The minimum Gasteiger partial charge on any atom is -0.371 e. The Kier molecular flexibility index (Phi) is 3.06. The molecule has 2 heteroatoms. The van der Waals surface area contributed by atoms with Gasteiger partial charge >= 0.3 is 0 Å². The van der Waals surface area contributed by atoms with E-state index in [0.717, 1.165) is 18.5 Å². The van der Waals surface area contributed by atoms with Crippen molar-refractivity contribution in [3.05, 3.63) is 29.8 Å². The highest BCUT2D eigenvalue weighted by atomic mass is 15.2. The van der Waals surface area contributed by atoms with Crippen molar-refractivity contribution >= 4 is 5.69 Å². The molecule has 1 saturated heterocycles. The van der Waals surface area contributed by atoms with Crippen molar-refractivity contribution in [1.29, 1.82) is 0 Å². The van der Waals surface area contributed by atoms with Gasteiger partial charge in [-0.05, 0) is 36.8 Å². The first-order valence-corrected chi connectivity index (χ1v) is 6.89. The van der Waals surface area contributed by atoms with Crippen LogP contribution in [-0.4, -0.2) is 19.1 Å². The van der Waals surface area contributed by atoms with Crippen molar-refractivity contribution < 1.29 is 0 Å². The molecule has 1 aromatic rings. The fourth-order valence-electron chi connectivity index (χ4n) is 2.66. The molecule has 1 aliphatic heterocycles. The Morgan fingerprint density at radius 2 is 2.06 bits per heavy atom. The summed E-state index contributed by atoms with van der Waals surface area (Å²) in [6, 6.07) is 9.67. The zero-order valence-corrected chi connectivity index (χ0v) is 10.7. The van der Waals surface area contributed by atoms with Gasteiger partial charge in [0, 0.05) is 31.4 Å². The fourth-order valence-corrected chi connectivity index (χ4v) is 2.66. The van der Waals surface area contributed by atoms with Gasteiger partial charge in [-0.25, -0.2) is 0 Å². The molecule has 0 bridgehead atoms. The first kappa shape index (κ1) is 11.1. The summed E-state index contributed by atoms with van der Waals surface area (Å²) in [4.78, 5) is 2.55. The molecule has 2 aliphatic rings. The van der Waals surface area contributed by atoms with Crippen LogP contribution in [0.15, 0.2) is 24.3 Å². The van der Waals surface area contributed by atoms with Gasteiger partial charge in [-0.15, -0.1) is 0 Å². The van der Waals surface area contributed by atoms with Crippen LogP contribution in [0.1, 0.15) is 31.7 Å². The van der Waals surface area contributed by atoms with Crippen LogP contribution in [0.2, 0.25) is 0 Å². The number of nitrogens with zero attached hydrogens (tertiary/aromatic N) is 1. The van der Waals surface area contributed by atoms with Gasteiger partial charge in [0.05, 0.1) is 0 Å². The molecule has 92 valence electrons. The summed E-state index contributed by atoms with van der Waals surface area (Å²) < 4.78 is 0. The lowest BCUT2D eigenvalue weighted by atomic mass is 10.1. The molecule has 1 N–H and O–H groups in total. The Balaban J connectivity index is 1.72. The average Bonchev–Trinajstić information content (AvgIpc) is 3.08. The number of hydrogen-bond donors (Lipinski definition) is 1. The molecule has 1 aliphatic carbocycles. The van der Waals surface area contributed by atoms with Crippen molar-refractivity contribution in [3.8, 4) is 0 Å². The molecule has 0 aromatic heterocycles. The Labute approximate surface area is 104 Å². The summed E-state index contributed by atoms with van der Waals surface area (Å²) >= 11 is 0. The molecule has 0 spiro atoms. The third-order valence-corrected chi connectivity index (χ3v) is 3.91. The highest BCUT2D eigenvalue weighted by Crippen LogP contribution is 2.27. The molecule has 2 fully saturated rings. The molecule has 0 radical (unpaired) electrons. The highest BCUT2D eigenvalue weighted by molar-refractivity contribution is 5.54. The number of anilines is 1. The fraction of sp³-hybridized carbons (Fsp3) is 0.600. The van der Waals surface area contributed by atoms with Crippen LogP contribution in [0.5, 0.6) is 0 Å². The molecule has 1 atom stereocenters. The largest absolute Gasteiger partial charge is 0.371 e. The third-order valence-electron chi connectivity index (χ3n) is 3.91. The zero-order valence-electron chi connectivity index (χ0n) is 10.7. The van der Waals surface area contributed by atoms with Crippen LogP contribution in [0.3, 0.4) is 0 Å². The van der Waals surface area contributed by atoms with E-state index in [9.17, 15) is 0 Å². The van der Waals surface area contributed by atoms with Gasteiger partial charge in [-0.2, -0.15) is 0 Å². The molecular formula is C15H22N2.